The Hall–Kier alpha value is -1.55. The van der Waals surface area contributed by atoms with Crippen molar-refractivity contribution < 1.29 is 0 Å². The first-order chi connectivity index (χ1) is 9.66. The number of anilines is 1. The molecule has 0 saturated heterocycles. The Morgan fingerprint density at radius 1 is 1.40 bits per heavy atom. The van der Waals surface area contributed by atoms with Crippen molar-refractivity contribution in [3.8, 4) is 11.4 Å². The molecule has 0 spiro atoms. The van der Waals surface area contributed by atoms with E-state index in [-0.39, 0.29) is 0 Å². The molecule has 1 fully saturated rings. The maximum absolute atomic E-state index is 6.05. The molecule has 2 aromatic rings. The molecular weight excluding hydrogens is 272 g/mol. The minimum absolute atomic E-state index is 0.413. The molecule has 1 aromatic heterocycles. The summed E-state index contributed by atoms with van der Waals surface area (Å²) in [4.78, 5) is 4.64. The molecule has 1 aliphatic heterocycles. The summed E-state index contributed by atoms with van der Waals surface area (Å²) in [6.45, 7) is 3.33. The summed E-state index contributed by atoms with van der Waals surface area (Å²) < 4.78 is 2.09. The Balaban J connectivity index is 1.76. The second-order valence-corrected chi connectivity index (χ2v) is 6.54. The van der Waals surface area contributed by atoms with E-state index in [0.29, 0.717) is 16.5 Å². The summed E-state index contributed by atoms with van der Waals surface area (Å²) in [6, 6.07) is 8.19. The van der Waals surface area contributed by atoms with Crippen molar-refractivity contribution >= 4 is 17.5 Å². The maximum atomic E-state index is 6.05. The Morgan fingerprint density at radius 2 is 2.25 bits per heavy atom. The first kappa shape index (κ1) is 12.2. The molecule has 104 valence electrons. The number of halogens is 1. The van der Waals surface area contributed by atoms with Crippen LogP contribution in [0.3, 0.4) is 0 Å². The lowest BCUT2D eigenvalue weighted by Gasteiger charge is -2.29. The van der Waals surface area contributed by atoms with Crippen LogP contribution in [-0.4, -0.2) is 21.3 Å². The normalized spacial score (nSPS) is 23.0. The fourth-order valence-corrected chi connectivity index (χ4v) is 3.22. The first-order valence-corrected chi connectivity index (χ1v) is 7.50. The lowest BCUT2D eigenvalue weighted by Crippen LogP contribution is -2.29. The minimum atomic E-state index is 0.413. The van der Waals surface area contributed by atoms with Crippen molar-refractivity contribution in [3.05, 3.63) is 29.3 Å². The number of aromatic nitrogens is 3. The largest absolute Gasteiger partial charge is 0.354 e. The number of hydrogen-bond donors (Lipinski definition) is 1. The van der Waals surface area contributed by atoms with E-state index in [1.54, 1.807) is 0 Å². The quantitative estimate of drug-likeness (QED) is 0.915. The van der Waals surface area contributed by atoms with Gasteiger partial charge in [-0.1, -0.05) is 30.7 Å². The van der Waals surface area contributed by atoms with Gasteiger partial charge in [-0.2, -0.15) is 4.98 Å². The average molecular weight is 289 g/mol. The summed E-state index contributed by atoms with van der Waals surface area (Å²) in [5.41, 5.74) is 1.39. The molecule has 2 heterocycles. The minimum Gasteiger partial charge on any atom is -0.354 e. The highest BCUT2D eigenvalue weighted by Crippen LogP contribution is 2.56. The van der Waals surface area contributed by atoms with E-state index in [0.717, 1.165) is 30.3 Å². The molecule has 0 radical (unpaired) electrons. The number of rotatable bonds is 2. The SMILES string of the molecule is CC1(C2CCNc3nc(-c4cccc(Cl)c4)nn32)CC1. The summed E-state index contributed by atoms with van der Waals surface area (Å²) in [5, 5.41) is 8.80. The smallest absolute Gasteiger partial charge is 0.221 e. The Bertz CT molecular complexity index is 660. The third-order valence-electron chi connectivity index (χ3n) is 4.55. The third kappa shape index (κ3) is 1.90. The Morgan fingerprint density at radius 3 is 3.00 bits per heavy atom. The van der Waals surface area contributed by atoms with Crippen molar-refractivity contribution in [2.45, 2.75) is 32.2 Å². The molecule has 5 heteroatoms. The Labute approximate surface area is 123 Å². The van der Waals surface area contributed by atoms with Crippen LogP contribution in [0.1, 0.15) is 32.2 Å². The highest BCUT2D eigenvalue weighted by molar-refractivity contribution is 6.30. The summed E-state index contributed by atoms with van der Waals surface area (Å²) in [6.07, 6.45) is 3.72. The zero-order valence-electron chi connectivity index (χ0n) is 11.4. The van der Waals surface area contributed by atoms with E-state index in [1.807, 2.05) is 24.3 Å². The fraction of sp³-hybridized carbons (Fsp3) is 0.467. The molecule has 1 aromatic carbocycles. The van der Waals surface area contributed by atoms with Crippen LogP contribution < -0.4 is 5.32 Å². The van der Waals surface area contributed by atoms with Crippen LogP contribution in [0.25, 0.3) is 11.4 Å². The van der Waals surface area contributed by atoms with Crippen LogP contribution in [0.5, 0.6) is 0 Å². The number of nitrogens with zero attached hydrogens (tertiary/aromatic N) is 3. The topological polar surface area (TPSA) is 42.7 Å². The van der Waals surface area contributed by atoms with Gasteiger partial charge < -0.3 is 5.32 Å². The van der Waals surface area contributed by atoms with Gasteiger partial charge in [-0.25, -0.2) is 4.68 Å². The molecule has 20 heavy (non-hydrogen) atoms. The predicted octanol–water partition coefficient (Wildman–Crippen LogP) is 3.76. The lowest BCUT2D eigenvalue weighted by atomic mass is 9.95. The van der Waals surface area contributed by atoms with Gasteiger partial charge in [-0.3, -0.25) is 0 Å². The predicted molar refractivity (Wildman–Crippen MR) is 80.0 cm³/mol. The zero-order valence-corrected chi connectivity index (χ0v) is 12.2. The first-order valence-electron chi connectivity index (χ1n) is 7.12. The fourth-order valence-electron chi connectivity index (χ4n) is 3.03. The van der Waals surface area contributed by atoms with Crippen LogP contribution in [0.15, 0.2) is 24.3 Å². The third-order valence-corrected chi connectivity index (χ3v) is 4.79. The highest BCUT2D eigenvalue weighted by atomic mass is 35.5. The van der Waals surface area contributed by atoms with Crippen LogP contribution in [0.4, 0.5) is 5.95 Å². The molecule has 4 rings (SSSR count). The number of fused-ring (bicyclic) bond motifs is 1. The number of nitrogens with one attached hydrogen (secondary N) is 1. The van der Waals surface area contributed by atoms with Gasteiger partial charge >= 0.3 is 0 Å². The standard InChI is InChI=1S/C15H17ClN4/c1-15(6-7-15)12-5-8-17-14-18-13(19-20(12)14)10-3-2-4-11(16)9-10/h2-4,9,12H,5-8H2,1H3,(H,17,18,19). The van der Waals surface area contributed by atoms with E-state index in [2.05, 4.69) is 21.9 Å². The second-order valence-electron chi connectivity index (χ2n) is 6.10. The molecular formula is C15H17ClN4. The van der Waals surface area contributed by atoms with Crippen LogP contribution in [-0.2, 0) is 0 Å². The monoisotopic (exact) mass is 288 g/mol. The molecule has 0 bridgehead atoms. The number of hydrogen-bond acceptors (Lipinski definition) is 3. The summed E-state index contributed by atoms with van der Waals surface area (Å²) >= 11 is 6.05. The van der Waals surface area contributed by atoms with E-state index < -0.39 is 0 Å². The van der Waals surface area contributed by atoms with Crippen molar-refractivity contribution in [1.82, 2.24) is 14.8 Å². The van der Waals surface area contributed by atoms with Gasteiger partial charge in [-0.15, -0.1) is 5.10 Å². The molecule has 2 aliphatic rings. The van der Waals surface area contributed by atoms with Crippen molar-refractivity contribution in [3.63, 3.8) is 0 Å². The number of benzene rings is 1. The van der Waals surface area contributed by atoms with E-state index in [4.69, 9.17) is 16.7 Å². The lowest BCUT2D eigenvalue weighted by molar-refractivity contribution is 0.284. The van der Waals surface area contributed by atoms with E-state index in [1.165, 1.54) is 12.8 Å². The molecule has 1 unspecified atom stereocenters. The van der Waals surface area contributed by atoms with Gasteiger partial charge in [0.05, 0.1) is 6.04 Å². The highest BCUT2D eigenvalue weighted by Gasteiger charge is 2.47. The van der Waals surface area contributed by atoms with Gasteiger partial charge in [-0.05, 0) is 36.8 Å². The van der Waals surface area contributed by atoms with Gasteiger partial charge in [0.1, 0.15) is 0 Å². The van der Waals surface area contributed by atoms with Gasteiger partial charge in [0.2, 0.25) is 5.95 Å². The zero-order chi connectivity index (χ0) is 13.7. The van der Waals surface area contributed by atoms with Crippen molar-refractivity contribution in [2.24, 2.45) is 5.41 Å². The van der Waals surface area contributed by atoms with Gasteiger partial charge in [0.25, 0.3) is 0 Å². The Kier molecular flexibility index (Phi) is 2.58. The maximum Gasteiger partial charge on any atom is 0.221 e. The molecule has 1 saturated carbocycles. The van der Waals surface area contributed by atoms with Crippen molar-refractivity contribution in [2.75, 3.05) is 11.9 Å². The summed E-state index contributed by atoms with van der Waals surface area (Å²) in [7, 11) is 0. The van der Waals surface area contributed by atoms with E-state index in [9.17, 15) is 0 Å². The molecule has 1 aliphatic carbocycles. The molecule has 4 nitrogen and oxygen atoms in total. The van der Waals surface area contributed by atoms with Crippen LogP contribution in [0, 0.1) is 5.41 Å². The second kappa shape index (κ2) is 4.22. The summed E-state index contributed by atoms with van der Waals surface area (Å²) in [5.74, 6) is 1.65. The van der Waals surface area contributed by atoms with Gasteiger partial charge in [0.15, 0.2) is 5.82 Å². The van der Waals surface area contributed by atoms with Gasteiger partial charge in [0, 0.05) is 17.1 Å². The van der Waals surface area contributed by atoms with Crippen LogP contribution >= 0.6 is 11.6 Å². The molecule has 1 N–H and O–H groups in total. The molecule has 0 amide bonds. The van der Waals surface area contributed by atoms with E-state index >= 15 is 0 Å². The molecule has 1 atom stereocenters. The van der Waals surface area contributed by atoms with Crippen molar-refractivity contribution in [1.29, 1.82) is 0 Å². The van der Waals surface area contributed by atoms with Crippen LogP contribution in [0.2, 0.25) is 5.02 Å². The average Bonchev–Trinajstić information content (AvgIpc) is 3.04.